The van der Waals surface area contributed by atoms with Gasteiger partial charge in [-0.05, 0) is 48.6 Å². The number of hydrogen-bond acceptors (Lipinski definition) is 2. The average molecular weight is 204 g/mol. The fourth-order valence-electron chi connectivity index (χ4n) is 2.55. The summed E-state index contributed by atoms with van der Waals surface area (Å²) < 4.78 is 12.7. The molecule has 1 N–H and O–H groups in total. The fraction of sp³-hybridized carbons (Fsp3) is 0.417. The lowest BCUT2D eigenvalue weighted by molar-refractivity contribution is 0.553. The van der Waals surface area contributed by atoms with E-state index in [0.29, 0.717) is 6.04 Å². The van der Waals surface area contributed by atoms with Gasteiger partial charge in [-0.2, -0.15) is 4.39 Å². The first-order valence-corrected chi connectivity index (χ1v) is 5.39. The Bertz CT molecular complexity index is 397. The van der Waals surface area contributed by atoms with Gasteiger partial charge in [-0.15, -0.1) is 0 Å². The molecule has 2 unspecified atom stereocenters. The topological polar surface area (TPSA) is 24.9 Å². The second-order valence-corrected chi connectivity index (χ2v) is 4.29. The molecule has 0 radical (unpaired) electrons. The summed E-state index contributed by atoms with van der Waals surface area (Å²) in [6, 6.07) is 3.78. The van der Waals surface area contributed by atoms with Crippen molar-refractivity contribution in [3.05, 3.63) is 35.9 Å². The minimum Gasteiger partial charge on any atom is -0.310 e. The van der Waals surface area contributed by atoms with Crippen molar-refractivity contribution >= 4 is 5.57 Å². The first kappa shape index (κ1) is 9.04. The van der Waals surface area contributed by atoms with Gasteiger partial charge < -0.3 is 5.32 Å². The van der Waals surface area contributed by atoms with Gasteiger partial charge in [0.2, 0.25) is 5.95 Å². The highest BCUT2D eigenvalue weighted by atomic mass is 19.1. The van der Waals surface area contributed by atoms with Crippen LogP contribution in [0.2, 0.25) is 0 Å². The van der Waals surface area contributed by atoms with Crippen LogP contribution in [0.4, 0.5) is 4.39 Å². The molecule has 1 aromatic heterocycles. The van der Waals surface area contributed by atoms with Crippen LogP contribution in [0.5, 0.6) is 0 Å². The van der Waals surface area contributed by atoms with Crippen molar-refractivity contribution in [3.8, 4) is 0 Å². The van der Waals surface area contributed by atoms with Crippen LogP contribution in [-0.4, -0.2) is 17.6 Å². The molecular formula is C12H13FN2. The van der Waals surface area contributed by atoms with Gasteiger partial charge >= 0.3 is 0 Å². The molecule has 2 heterocycles. The maximum Gasteiger partial charge on any atom is 0.212 e. The number of fused-ring (bicyclic) bond motifs is 1. The number of allylic oxidation sites excluding steroid dienone is 1. The predicted octanol–water partition coefficient (Wildman–Crippen LogP) is 1.99. The maximum absolute atomic E-state index is 12.7. The monoisotopic (exact) mass is 204 g/mol. The first-order valence-electron chi connectivity index (χ1n) is 5.39. The van der Waals surface area contributed by atoms with Gasteiger partial charge in [0.15, 0.2) is 0 Å². The third-order valence-electron chi connectivity index (χ3n) is 3.36. The summed E-state index contributed by atoms with van der Waals surface area (Å²) in [6.45, 7) is 1.13. The number of pyridine rings is 1. The van der Waals surface area contributed by atoms with E-state index in [1.54, 1.807) is 6.20 Å². The van der Waals surface area contributed by atoms with Crippen molar-refractivity contribution in [1.29, 1.82) is 0 Å². The van der Waals surface area contributed by atoms with Gasteiger partial charge in [-0.1, -0.05) is 6.08 Å². The smallest absolute Gasteiger partial charge is 0.212 e. The number of aromatic nitrogens is 1. The molecule has 1 saturated heterocycles. The van der Waals surface area contributed by atoms with Gasteiger partial charge in [0.25, 0.3) is 0 Å². The third-order valence-corrected chi connectivity index (χ3v) is 3.36. The molecule has 1 aliphatic carbocycles. The Labute approximate surface area is 88.2 Å². The lowest BCUT2D eigenvalue weighted by Gasteiger charge is -2.06. The molecule has 2 aliphatic rings. The zero-order chi connectivity index (χ0) is 10.3. The number of nitrogens with one attached hydrogen (secondary N) is 1. The largest absolute Gasteiger partial charge is 0.310 e. The molecule has 0 aromatic carbocycles. The molecule has 1 aliphatic heterocycles. The molecule has 2 nitrogen and oxygen atoms in total. The minimum absolute atomic E-state index is 0.407. The van der Waals surface area contributed by atoms with Crippen LogP contribution in [0.15, 0.2) is 24.4 Å². The van der Waals surface area contributed by atoms with Crippen molar-refractivity contribution in [2.75, 3.05) is 6.54 Å². The summed E-state index contributed by atoms with van der Waals surface area (Å²) in [4.78, 5) is 3.69. The standard InChI is InChI=1S/C12H13FN2/c13-12-2-1-9(7-15-12)10-5-8-3-4-14-11(8)6-10/h1-2,6-8,11,14H,3-5H2. The molecule has 0 amide bonds. The van der Waals surface area contributed by atoms with E-state index < -0.39 is 5.95 Å². The highest BCUT2D eigenvalue weighted by Gasteiger charge is 2.31. The maximum atomic E-state index is 12.7. The number of nitrogens with zero attached hydrogens (tertiary/aromatic N) is 1. The van der Waals surface area contributed by atoms with Gasteiger partial charge in [-0.25, -0.2) is 4.98 Å². The molecular weight excluding hydrogens is 191 g/mol. The van der Waals surface area contributed by atoms with E-state index in [4.69, 9.17) is 0 Å². The van der Waals surface area contributed by atoms with Crippen LogP contribution in [0.3, 0.4) is 0 Å². The van der Waals surface area contributed by atoms with E-state index in [-0.39, 0.29) is 0 Å². The van der Waals surface area contributed by atoms with Crippen molar-refractivity contribution in [2.24, 2.45) is 5.92 Å². The fourth-order valence-corrected chi connectivity index (χ4v) is 2.55. The van der Waals surface area contributed by atoms with E-state index in [0.717, 1.165) is 24.4 Å². The Hall–Kier alpha value is -1.22. The van der Waals surface area contributed by atoms with Crippen LogP contribution < -0.4 is 5.32 Å². The Morgan fingerprint density at radius 1 is 1.40 bits per heavy atom. The van der Waals surface area contributed by atoms with Crippen LogP contribution in [-0.2, 0) is 0 Å². The molecule has 78 valence electrons. The van der Waals surface area contributed by atoms with E-state index in [1.807, 2.05) is 6.07 Å². The second-order valence-electron chi connectivity index (χ2n) is 4.29. The molecule has 0 spiro atoms. The Morgan fingerprint density at radius 2 is 2.33 bits per heavy atom. The Morgan fingerprint density at radius 3 is 3.07 bits per heavy atom. The van der Waals surface area contributed by atoms with Crippen LogP contribution in [0.1, 0.15) is 18.4 Å². The quantitative estimate of drug-likeness (QED) is 0.707. The molecule has 1 fully saturated rings. The van der Waals surface area contributed by atoms with Crippen LogP contribution >= 0.6 is 0 Å². The molecule has 15 heavy (non-hydrogen) atoms. The zero-order valence-corrected chi connectivity index (χ0v) is 8.41. The van der Waals surface area contributed by atoms with Gasteiger partial charge in [-0.3, -0.25) is 0 Å². The predicted molar refractivity (Wildman–Crippen MR) is 56.7 cm³/mol. The summed E-state index contributed by atoms with van der Waals surface area (Å²) in [5, 5.41) is 3.46. The Kier molecular flexibility index (Phi) is 2.06. The molecule has 1 aromatic rings. The summed E-state index contributed by atoms with van der Waals surface area (Å²) in [5.41, 5.74) is 2.37. The van der Waals surface area contributed by atoms with Gasteiger partial charge in [0.05, 0.1) is 0 Å². The molecule has 2 atom stereocenters. The number of hydrogen-bond donors (Lipinski definition) is 1. The summed E-state index contributed by atoms with van der Waals surface area (Å²) in [5.74, 6) is 0.334. The molecule has 0 saturated carbocycles. The summed E-state index contributed by atoms with van der Waals surface area (Å²) >= 11 is 0. The normalized spacial score (nSPS) is 29.0. The average Bonchev–Trinajstić information content (AvgIpc) is 2.78. The second kappa shape index (κ2) is 3.42. The van der Waals surface area contributed by atoms with Crippen molar-refractivity contribution in [1.82, 2.24) is 10.3 Å². The molecule has 3 heteroatoms. The SMILES string of the molecule is Fc1ccc(C2=CC3NCCC3C2)cn1. The highest BCUT2D eigenvalue weighted by molar-refractivity contribution is 5.68. The van der Waals surface area contributed by atoms with Crippen LogP contribution in [0, 0.1) is 11.9 Å². The van der Waals surface area contributed by atoms with Crippen molar-refractivity contribution < 1.29 is 4.39 Å². The lowest BCUT2D eigenvalue weighted by Crippen LogP contribution is -2.20. The third kappa shape index (κ3) is 1.57. The summed E-state index contributed by atoms with van der Waals surface area (Å²) in [7, 11) is 0. The number of rotatable bonds is 1. The van der Waals surface area contributed by atoms with Crippen LogP contribution in [0.25, 0.3) is 5.57 Å². The van der Waals surface area contributed by atoms with E-state index in [2.05, 4.69) is 16.4 Å². The first-order chi connectivity index (χ1) is 7.33. The molecule has 3 rings (SSSR count). The van der Waals surface area contributed by atoms with E-state index in [1.165, 1.54) is 18.1 Å². The van der Waals surface area contributed by atoms with E-state index >= 15 is 0 Å². The zero-order valence-electron chi connectivity index (χ0n) is 8.41. The number of halogens is 1. The molecule has 0 bridgehead atoms. The minimum atomic E-state index is -0.407. The van der Waals surface area contributed by atoms with Gasteiger partial charge in [0.1, 0.15) is 0 Å². The van der Waals surface area contributed by atoms with Crippen molar-refractivity contribution in [3.63, 3.8) is 0 Å². The summed E-state index contributed by atoms with van der Waals surface area (Å²) in [6.07, 6.45) is 6.25. The van der Waals surface area contributed by atoms with Gasteiger partial charge in [0, 0.05) is 12.2 Å². The Balaban J connectivity index is 1.87. The lowest BCUT2D eigenvalue weighted by atomic mass is 10.00. The van der Waals surface area contributed by atoms with Crippen molar-refractivity contribution in [2.45, 2.75) is 18.9 Å². The van der Waals surface area contributed by atoms with E-state index in [9.17, 15) is 4.39 Å². The highest BCUT2D eigenvalue weighted by Crippen LogP contribution is 2.36.